The Bertz CT molecular complexity index is 1220. The maximum atomic E-state index is 13.1. The van der Waals surface area contributed by atoms with Crippen molar-refractivity contribution >= 4 is 19.5 Å². The summed E-state index contributed by atoms with van der Waals surface area (Å²) in [5.74, 6) is -0.145. The van der Waals surface area contributed by atoms with E-state index in [-0.39, 0.29) is 23.9 Å². The lowest BCUT2D eigenvalue weighted by Gasteiger charge is -2.21. The third kappa shape index (κ3) is 11.3. The predicted molar refractivity (Wildman–Crippen MR) is 157 cm³/mol. The van der Waals surface area contributed by atoms with Crippen molar-refractivity contribution in [2.75, 3.05) is 19.4 Å². The van der Waals surface area contributed by atoms with Crippen molar-refractivity contribution in [3.8, 4) is 16.9 Å². The number of unbranched alkanes of at least 4 members (excludes halogenated alkanes) is 3. The molecule has 214 valence electrons. The van der Waals surface area contributed by atoms with Gasteiger partial charge in [0, 0.05) is 13.0 Å². The van der Waals surface area contributed by atoms with Gasteiger partial charge in [-0.05, 0) is 55.0 Å². The number of amides is 1. The van der Waals surface area contributed by atoms with Gasteiger partial charge in [-0.2, -0.15) is 0 Å². The SMILES string of the molecule is CCOC(=O)CCCCCCNC(=O)[C@H](Cc1ccc(-c2ccccc2)cc1)NCP(=O)(O)Oc1ccccc1. The van der Waals surface area contributed by atoms with Crippen molar-refractivity contribution in [2.24, 2.45) is 0 Å². The molecule has 9 heteroatoms. The lowest BCUT2D eigenvalue weighted by molar-refractivity contribution is -0.143. The van der Waals surface area contributed by atoms with Gasteiger partial charge in [0.2, 0.25) is 5.91 Å². The number of esters is 1. The molecule has 3 aromatic rings. The van der Waals surface area contributed by atoms with Crippen LogP contribution in [0.1, 0.15) is 44.6 Å². The Labute approximate surface area is 236 Å². The van der Waals surface area contributed by atoms with E-state index in [1.807, 2.05) is 54.6 Å². The Morgan fingerprint density at radius 2 is 1.48 bits per heavy atom. The standard InChI is InChI=1S/C31H39N2O6P/c1-2-38-30(34)17-11-3-4-12-22-32-31(35)29(33-24-40(36,37)39-28-15-9-6-10-16-28)23-25-18-20-27(21-19-25)26-13-7-5-8-14-26/h5-10,13-16,18-21,29,33H,2-4,11-12,17,22-24H2,1H3,(H,32,35)(H,36,37)/t29-/m0/s1. The Morgan fingerprint density at radius 3 is 2.15 bits per heavy atom. The molecule has 0 aliphatic carbocycles. The number of hydrogen-bond acceptors (Lipinski definition) is 6. The summed E-state index contributed by atoms with van der Waals surface area (Å²) in [6, 6.07) is 25.7. The van der Waals surface area contributed by atoms with Crippen LogP contribution in [0.25, 0.3) is 11.1 Å². The monoisotopic (exact) mass is 566 g/mol. The van der Waals surface area contributed by atoms with E-state index < -0.39 is 13.6 Å². The van der Waals surface area contributed by atoms with Crippen LogP contribution in [0.3, 0.4) is 0 Å². The van der Waals surface area contributed by atoms with E-state index in [0.717, 1.165) is 42.4 Å². The normalized spacial score (nSPS) is 13.2. The lowest BCUT2D eigenvalue weighted by atomic mass is 10.0. The highest BCUT2D eigenvalue weighted by Crippen LogP contribution is 2.41. The smallest absolute Gasteiger partial charge is 0.390 e. The van der Waals surface area contributed by atoms with E-state index in [9.17, 15) is 19.0 Å². The van der Waals surface area contributed by atoms with Crippen molar-refractivity contribution in [1.29, 1.82) is 0 Å². The first kappa shape index (κ1) is 31.1. The molecule has 0 fully saturated rings. The van der Waals surface area contributed by atoms with E-state index >= 15 is 0 Å². The van der Waals surface area contributed by atoms with Gasteiger partial charge < -0.3 is 19.5 Å². The summed E-state index contributed by atoms with van der Waals surface area (Å²) < 4.78 is 23.0. The Hall–Kier alpha value is -3.45. The summed E-state index contributed by atoms with van der Waals surface area (Å²) in [5, 5.41) is 5.90. The molecule has 0 heterocycles. The number of carbonyl (C=O) groups excluding carboxylic acids is 2. The van der Waals surface area contributed by atoms with Crippen molar-refractivity contribution in [3.05, 3.63) is 90.5 Å². The molecule has 3 N–H and O–H groups in total. The molecule has 2 atom stereocenters. The molecule has 0 aliphatic rings. The fourth-order valence-corrected chi connectivity index (χ4v) is 5.14. The summed E-state index contributed by atoms with van der Waals surface area (Å²) in [4.78, 5) is 35.0. The van der Waals surface area contributed by atoms with Crippen LogP contribution in [0.4, 0.5) is 0 Å². The second-order valence-electron chi connectivity index (χ2n) is 9.48. The highest BCUT2D eigenvalue weighted by Gasteiger charge is 2.26. The molecular weight excluding hydrogens is 527 g/mol. The third-order valence-electron chi connectivity index (χ3n) is 6.26. The molecule has 1 unspecified atom stereocenters. The molecule has 0 saturated carbocycles. The molecule has 0 bridgehead atoms. The van der Waals surface area contributed by atoms with E-state index in [1.165, 1.54) is 0 Å². The predicted octanol–water partition coefficient (Wildman–Crippen LogP) is 5.71. The highest BCUT2D eigenvalue weighted by atomic mass is 31.2. The zero-order chi connectivity index (χ0) is 28.6. The number of rotatable bonds is 17. The van der Waals surface area contributed by atoms with E-state index in [0.29, 0.717) is 26.0 Å². The van der Waals surface area contributed by atoms with Crippen LogP contribution in [-0.4, -0.2) is 42.2 Å². The van der Waals surface area contributed by atoms with Crippen LogP contribution >= 0.6 is 7.60 Å². The second-order valence-corrected chi connectivity index (χ2v) is 11.3. The maximum absolute atomic E-state index is 13.1. The third-order valence-corrected chi connectivity index (χ3v) is 7.34. The van der Waals surface area contributed by atoms with Crippen molar-refractivity contribution < 1.29 is 28.3 Å². The molecule has 3 aromatic carbocycles. The molecule has 0 aromatic heterocycles. The summed E-state index contributed by atoms with van der Waals surface area (Å²) in [5.41, 5.74) is 3.09. The van der Waals surface area contributed by atoms with Gasteiger partial charge in [-0.25, -0.2) is 4.57 Å². The quantitative estimate of drug-likeness (QED) is 0.109. The molecule has 3 rings (SSSR count). The first-order chi connectivity index (χ1) is 19.4. The van der Waals surface area contributed by atoms with Crippen LogP contribution < -0.4 is 15.2 Å². The summed E-state index contributed by atoms with van der Waals surface area (Å²) >= 11 is 0. The van der Waals surface area contributed by atoms with E-state index in [1.54, 1.807) is 37.3 Å². The Balaban J connectivity index is 1.56. The van der Waals surface area contributed by atoms with Gasteiger partial charge in [-0.3, -0.25) is 14.9 Å². The lowest BCUT2D eigenvalue weighted by Crippen LogP contribution is -2.46. The molecule has 0 spiro atoms. The summed E-state index contributed by atoms with van der Waals surface area (Å²) in [6.45, 7) is 2.65. The number of carbonyl (C=O) groups is 2. The van der Waals surface area contributed by atoms with Gasteiger partial charge in [0.25, 0.3) is 0 Å². The first-order valence-corrected chi connectivity index (χ1v) is 15.5. The maximum Gasteiger partial charge on any atom is 0.390 e. The highest BCUT2D eigenvalue weighted by molar-refractivity contribution is 7.53. The van der Waals surface area contributed by atoms with Gasteiger partial charge in [-0.15, -0.1) is 0 Å². The summed E-state index contributed by atoms with van der Waals surface area (Å²) in [6.07, 6.45) is 3.62. The molecule has 1 amide bonds. The largest absolute Gasteiger partial charge is 0.466 e. The van der Waals surface area contributed by atoms with Crippen LogP contribution in [0.2, 0.25) is 0 Å². The topological polar surface area (TPSA) is 114 Å². The van der Waals surface area contributed by atoms with Gasteiger partial charge in [-0.1, -0.05) is 85.6 Å². The van der Waals surface area contributed by atoms with Crippen LogP contribution in [-0.2, 0) is 25.3 Å². The van der Waals surface area contributed by atoms with E-state index in [4.69, 9.17) is 9.26 Å². The second kappa shape index (κ2) is 16.6. The van der Waals surface area contributed by atoms with Gasteiger partial charge in [0.1, 0.15) is 12.0 Å². The van der Waals surface area contributed by atoms with Crippen LogP contribution in [0.5, 0.6) is 5.75 Å². The van der Waals surface area contributed by atoms with Gasteiger partial charge in [0.05, 0.1) is 12.6 Å². The average molecular weight is 567 g/mol. The molecule has 8 nitrogen and oxygen atoms in total. The molecule has 0 aliphatic heterocycles. The molecule has 0 radical (unpaired) electrons. The van der Waals surface area contributed by atoms with Gasteiger partial charge >= 0.3 is 13.6 Å². The first-order valence-electron chi connectivity index (χ1n) is 13.7. The minimum atomic E-state index is -4.05. The zero-order valence-electron chi connectivity index (χ0n) is 23.0. The zero-order valence-corrected chi connectivity index (χ0v) is 23.9. The number of nitrogens with one attached hydrogen (secondary N) is 2. The minimum absolute atomic E-state index is 0.182. The van der Waals surface area contributed by atoms with Crippen LogP contribution in [0.15, 0.2) is 84.9 Å². The average Bonchev–Trinajstić information content (AvgIpc) is 2.96. The molecule has 0 saturated heterocycles. The van der Waals surface area contributed by atoms with Crippen molar-refractivity contribution in [1.82, 2.24) is 10.6 Å². The fraction of sp³-hybridized carbons (Fsp3) is 0.355. The number of hydrogen-bond donors (Lipinski definition) is 3. The van der Waals surface area contributed by atoms with E-state index in [2.05, 4.69) is 10.6 Å². The van der Waals surface area contributed by atoms with Crippen molar-refractivity contribution in [3.63, 3.8) is 0 Å². The number of para-hydroxylation sites is 1. The Kier molecular flexibility index (Phi) is 12.9. The minimum Gasteiger partial charge on any atom is -0.466 e. The Morgan fingerprint density at radius 1 is 0.850 bits per heavy atom. The van der Waals surface area contributed by atoms with Gasteiger partial charge in [0.15, 0.2) is 0 Å². The van der Waals surface area contributed by atoms with Crippen molar-refractivity contribution in [2.45, 2.75) is 51.5 Å². The summed E-state index contributed by atoms with van der Waals surface area (Å²) in [7, 11) is -4.05. The molecular formula is C31H39N2O6P. The van der Waals surface area contributed by atoms with Crippen LogP contribution in [0, 0.1) is 0 Å². The molecule has 40 heavy (non-hydrogen) atoms. The fourth-order valence-electron chi connectivity index (χ4n) is 4.18. The number of benzene rings is 3. The number of ether oxygens (including phenoxy) is 1.